The fourth-order valence-corrected chi connectivity index (χ4v) is 3.19. The summed E-state index contributed by atoms with van der Waals surface area (Å²) in [6.45, 7) is 7.15. The number of ketones is 1. The monoisotopic (exact) mass is 381 g/mol. The second-order valence-corrected chi connectivity index (χ2v) is 7.45. The second-order valence-electron chi connectivity index (χ2n) is 7.45. The lowest BCUT2D eigenvalue weighted by atomic mass is 9.98. The van der Waals surface area contributed by atoms with Gasteiger partial charge in [0.2, 0.25) is 0 Å². The zero-order valence-corrected chi connectivity index (χ0v) is 16.7. The first-order valence-corrected chi connectivity index (χ1v) is 9.71. The summed E-state index contributed by atoms with van der Waals surface area (Å²) in [5.41, 5.74) is 2.78. The number of benzene rings is 1. The standard InChI is InChI=1S/C22H27N3O3/c1-15(2)13-19(26)17-8-9-20(16(3)21(17)27)28-12-5-4-11-25-14-24-22-18(25)7-6-10-23-22/h6-10,14-15,27H,4-5,11-13H2,1-3H3. The summed E-state index contributed by atoms with van der Waals surface area (Å²) in [6, 6.07) is 7.36. The van der Waals surface area contributed by atoms with Crippen molar-refractivity contribution in [1.82, 2.24) is 14.5 Å². The molecule has 0 amide bonds. The number of carbonyl (C=O) groups excluding carboxylic acids is 1. The van der Waals surface area contributed by atoms with Crippen LogP contribution in [-0.4, -0.2) is 32.0 Å². The third-order valence-electron chi connectivity index (χ3n) is 4.72. The molecule has 0 bridgehead atoms. The Hall–Kier alpha value is -2.89. The summed E-state index contributed by atoms with van der Waals surface area (Å²) in [6.07, 6.45) is 5.79. The van der Waals surface area contributed by atoms with Crippen LogP contribution in [-0.2, 0) is 6.54 Å². The predicted octanol–water partition coefficient (Wildman–Crippen LogP) is 4.53. The number of phenolic OH excluding ortho intramolecular Hbond substituents is 1. The molecule has 3 aromatic rings. The van der Waals surface area contributed by atoms with Crippen molar-refractivity contribution in [3.05, 3.63) is 47.9 Å². The minimum atomic E-state index is -0.0378. The van der Waals surface area contributed by atoms with Crippen LogP contribution < -0.4 is 4.74 Å². The Morgan fingerprint density at radius 2 is 2.04 bits per heavy atom. The minimum absolute atomic E-state index is 0.0283. The van der Waals surface area contributed by atoms with Gasteiger partial charge in [-0.3, -0.25) is 4.79 Å². The van der Waals surface area contributed by atoms with Gasteiger partial charge in [-0.1, -0.05) is 13.8 Å². The van der Waals surface area contributed by atoms with Gasteiger partial charge in [0.15, 0.2) is 11.4 Å². The van der Waals surface area contributed by atoms with Crippen molar-refractivity contribution in [3.8, 4) is 11.5 Å². The molecule has 1 aromatic carbocycles. The van der Waals surface area contributed by atoms with Crippen LogP contribution in [0, 0.1) is 12.8 Å². The zero-order valence-electron chi connectivity index (χ0n) is 16.7. The lowest BCUT2D eigenvalue weighted by Gasteiger charge is -2.13. The molecule has 0 aliphatic rings. The largest absolute Gasteiger partial charge is 0.507 e. The number of fused-ring (bicyclic) bond motifs is 1. The van der Waals surface area contributed by atoms with Gasteiger partial charge in [0, 0.05) is 24.7 Å². The number of hydrogen-bond donors (Lipinski definition) is 1. The molecular formula is C22H27N3O3. The van der Waals surface area contributed by atoms with E-state index in [1.807, 2.05) is 32.3 Å². The minimum Gasteiger partial charge on any atom is -0.507 e. The van der Waals surface area contributed by atoms with E-state index in [-0.39, 0.29) is 17.5 Å². The summed E-state index contributed by atoms with van der Waals surface area (Å²) in [5, 5.41) is 10.4. The highest BCUT2D eigenvalue weighted by atomic mass is 16.5. The van der Waals surface area contributed by atoms with Crippen LogP contribution in [0.25, 0.3) is 11.2 Å². The molecule has 0 aliphatic heterocycles. The maximum absolute atomic E-state index is 12.2. The first-order chi connectivity index (χ1) is 13.5. The van der Waals surface area contributed by atoms with Gasteiger partial charge >= 0.3 is 0 Å². The highest BCUT2D eigenvalue weighted by molar-refractivity contribution is 5.99. The summed E-state index contributed by atoms with van der Waals surface area (Å²) >= 11 is 0. The van der Waals surface area contributed by atoms with Gasteiger partial charge < -0.3 is 14.4 Å². The lowest BCUT2D eigenvalue weighted by molar-refractivity contribution is 0.0965. The van der Waals surface area contributed by atoms with Crippen LogP contribution in [0.15, 0.2) is 36.8 Å². The van der Waals surface area contributed by atoms with Gasteiger partial charge in [0.05, 0.1) is 24.0 Å². The van der Waals surface area contributed by atoms with Crippen LogP contribution in [0.1, 0.15) is 49.0 Å². The molecule has 1 N–H and O–H groups in total. The number of hydrogen-bond acceptors (Lipinski definition) is 5. The van der Waals surface area contributed by atoms with Gasteiger partial charge in [0.1, 0.15) is 11.5 Å². The Morgan fingerprint density at radius 3 is 2.82 bits per heavy atom. The van der Waals surface area contributed by atoms with E-state index in [0.717, 1.165) is 30.6 Å². The maximum atomic E-state index is 12.2. The Kier molecular flexibility index (Phi) is 6.29. The van der Waals surface area contributed by atoms with Crippen molar-refractivity contribution in [3.63, 3.8) is 0 Å². The lowest BCUT2D eigenvalue weighted by Crippen LogP contribution is -2.06. The number of aromatic nitrogens is 3. The van der Waals surface area contributed by atoms with E-state index >= 15 is 0 Å². The van der Waals surface area contributed by atoms with Crippen LogP contribution in [0.4, 0.5) is 0 Å². The van der Waals surface area contributed by atoms with Crippen molar-refractivity contribution < 1.29 is 14.6 Å². The number of pyridine rings is 1. The Morgan fingerprint density at radius 1 is 1.21 bits per heavy atom. The number of aromatic hydroxyl groups is 1. The normalized spacial score (nSPS) is 11.3. The number of imidazole rings is 1. The molecule has 2 aromatic heterocycles. The van der Waals surface area contributed by atoms with E-state index in [1.165, 1.54) is 0 Å². The van der Waals surface area contributed by atoms with Crippen molar-refractivity contribution in [2.75, 3.05) is 6.61 Å². The molecule has 0 unspecified atom stereocenters. The van der Waals surface area contributed by atoms with Crippen LogP contribution in [0.3, 0.4) is 0 Å². The quantitative estimate of drug-likeness (QED) is 0.435. The molecule has 6 nitrogen and oxygen atoms in total. The molecular weight excluding hydrogens is 354 g/mol. The molecule has 0 spiro atoms. The maximum Gasteiger partial charge on any atom is 0.177 e. The van der Waals surface area contributed by atoms with E-state index < -0.39 is 0 Å². The van der Waals surface area contributed by atoms with Gasteiger partial charge in [-0.15, -0.1) is 0 Å². The molecule has 0 aliphatic carbocycles. The van der Waals surface area contributed by atoms with E-state index in [9.17, 15) is 9.90 Å². The molecule has 0 saturated heterocycles. The van der Waals surface area contributed by atoms with E-state index in [1.54, 1.807) is 25.3 Å². The Bertz CT molecular complexity index is 963. The topological polar surface area (TPSA) is 77.2 Å². The van der Waals surface area contributed by atoms with Crippen LogP contribution >= 0.6 is 0 Å². The number of unbranched alkanes of at least 4 members (excludes halogenated alkanes) is 1. The zero-order chi connectivity index (χ0) is 20.1. The number of aryl methyl sites for hydroxylation is 1. The van der Waals surface area contributed by atoms with Crippen LogP contribution in [0.2, 0.25) is 0 Å². The number of phenols is 1. The highest BCUT2D eigenvalue weighted by Crippen LogP contribution is 2.31. The highest BCUT2D eigenvalue weighted by Gasteiger charge is 2.17. The molecule has 0 saturated carbocycles. The molecule has 0 atom stereocenters. The fourth-order valence-electron chi connectivity index (χ4n) is 3.19. The van der Waals surface area contributed by atoms with E-state index in [4.69, 9.17) is 4.74 Å². The SMILES string of the molecule is Cc1c(OCCCCn2cnc3ncccc32)ccc(C(=O)CC(C)C)c1O. The number of ether oxygens (including phenoxy) is 1. The van der Waals surface area contributed by atoms with E-state index in [0.29, 0.717) is 29.9 Å². The van der Waals surface area contributed by atoms with Gasteiger partial charge in [-0.2, -0.15) is 0 Å². The second kappa shape index (κ2) is 8.87. The molecule has 2 heterocycles. The first-order valence-electron chi connectivity index (χ1n) is 9.71. The van der Waals surface area contributed by atoms with Gasteiger partial charge in [0.25, 0.3) is 0 Å². The fraction of sp³-hybridized carbons (Fsp3) is 0.409. The Labute approximate surface area is 165 Å². The number of carbonyl (C=O) groups is 1. The average Bonchev–Trinajstić information content (AvgIpc) is 3.07. The number of Topliss-reactive ketones (excluding diaryl/α,β-unsaturated/α-hetero) is 1. The first kappa shape index (κ1) is 19.9. The number of rotatable bonds is 9. The van der Waals surface area contributed by atoms with Crippen molar-refractivity contribution >= 4 is 16.9 Å². The molecule has 28 heavy (non-hydrogen) atoms. The van der Waals surface area contributed by atoms with E-state index in [2.05, 4.69) is 14.5 Å². The summed E-state index contributed by atoms with van der Waals surface area (Å²) in [5.74, 6) is 0.868. The third kappa shape index (κ3) is 4.50. The van der Waals surface area contributed by atoms with Crippen molar-refractivity contribution in [2.24, 2.45) is 5.92 Å². The predicted molar refractivity (Wildman–Crippen MR) is 109 cm³/mol. The average molecular weight is 381 g/mol. The van der Waals surface area contributed by atoms with Gasteiger partial charge in [-0.25, -0.2) is 9.97 Å². The summed E-state index contributed by atoms with van der Waals surface area (Å²) in [7, 11) is 0. The Balaban J connectivity index is 1.52. The molecule has 0 radical (unpaired) electrons. The number of nitrogens with zero attached hydrogens (tertiary/aromatic N) is 3. The summed E-state index contributed by atoms with van der Waals surface area (Å²) < 4.78 is 7.92. The van der Waals surface area contributed by atoms with Crippen molar-refractivity contribution in [2.45, 2.75) is 46.6 Å². The molecule has 3 rings (SSSR count). The summed E-state index contributed by atoms with van der Waals surface area (Å²) in [4.78, 5) is 20.8. The van der Waals surface area contributed by atoms with Crippen LogP contribution in [0.5, 0.6) is 11.5 Å². The molecule has 148 valence electrons. The molecule has 6 heteroatoms. The van der Waals surface area contributed by atoms with Crippen molar-refractivity contribution in [1.29, 1.82) is 0 Å². The molecule has 0 fully saturated rings. The smallest absolute Gasteiger partial charge is 0.177 e. The third-order valence-corrected chi connectivity index (χ3v) is 4.72. The van der Waals surface area contributed by atoms with Gasteiger partial charge in [-0.05, 0) is 49.9 Å².